The van der Waals surface area contributed by atoms with Gasteiger partial charge in [-0.25, -0.2) is 0 Å². The van der Waals surface area contributed by atoms with Crippen LogP contribution in [0.5, 0.6) is 0 Å². The Morgan fingerprint density at radius 2 is 2.50 bits per heavy atom. The van der Waals surface area contributed by atoms with Gasteiger partial charge in [0, 0.05) is 6.61 Å². The number of nitrogens with zero attached hydrogens (tertiary/aromatic N) is 1. The van der Waals surface area contributed by atoms with Crippen LogP contribution in [0.25, 0.3) is 0 Å². The summed E-state index contributed by atoms with van der Waals surface area (Å²) in [6.45, 7) is 1.48. The molecular formula is C9H15NOS. The first kappa shape index (κ1) is 9.88. The smallest absolute Gasteiger partial charge is 0.0815 e. The number of nitriles is 1. The summed E-state index contributed by atoms with van der Waals surface area (Å²) < 4.78 is 5.34. The summed E-state index contributed by atoms with van der Waals surface area (Å²) in [4.78, 5) is 0. The highest BCUT2D eigenvalue weighted by Crippen LogP contribution is 2.32. The van der Waals surface area contributed by atoms with Crippen LogP contribution in [0.2, 0.25) is 0 Å². The third-order valence-electron chi connectivity index (χ3n) is 2.34. The van der Waals surface area contributed by atoms with Crippen LogP contribution < -0.4 is 0 Å². The fraction of sp³-hybridized carbons (Fsp3) is 0.889. The summed E-state index contributed by atoms with van der Waals surface area (Å²) in [5.74, 6) is 1.07. The van der Waals surface area contributed by atoms with E-state index in [1.807, 2.05) is 0 Å². The van der Waals surface area contributed by atoms with Gasteiger partial charge in [0.2, 0.25) is 0 Å². The maximum absolute atomic E-state index is 9.03. The maximum Gasteiger partial charge on any atom is 0.0815 e. The van der Waals surface area contributed by atoms with Gasteiger partial charge in [0.25, 0.3) is 0 Å². The highest BCUT2D eigenvalue weighted by molar-refractivity contribution is 7.98. The standard InChI is InChI=1S/C9H15NOS/c1-12-6-4-9(7-10)3-2-5-11-8-9/h2-6,8H2,1H3. The Balaban J connectivity index is 2.44. The van der Waals surface area contributed by atoms with Gasteiger partial charge < -0.3 is 4.74 Å². The van der Waals surface area contributed by atoms with E-state index in [0.29, 0.717) is 6.61 Å². The van der Waals surface area contributed by atoms with Crippen molar-refractivity contribution in [3.05, 3.63) is 0 Å². The van der Waals surface area contributed by atoms with E-state index < -0.39 is 0 Å². The fourth-order valence-electron chi connectivity index (χ4n) is 1.49. The molecule has 0 radical (unpaired) electrons. The predicted molar refractivity (Wildman–Crippen MR) is 51.1 cm³/mol. The third-order valence-corrected chi connectivity index (χ3v) is 2.96. The highest BCUT2D eigenvalue weighted by Gasteiger charge is 2.32. The molecule has 1 heterocycles. The molecule has 0 amide bonds. The van der Waals surface area contributed by atoms with E-state index in [1.165, 1.54) is 0 Å². The van der Waals surface area contributed by atoms with Crippen molar-refractivity contribution in [3.63, 3.8) is 0 Å². The molecule has 1 rings (SSSR count). The van der Waals surface area contributed by atoms with Crippen molar-refractivity contribution < 1.29 is 4.74 Å². The molecule has 0 bridgehead atoms. The first-order valence-corrected chi connectivity index (χ1v) is 5.70. The molecule has 1 unspecified atom stereocenters. The summed E-state index contributed by atoms with van der Waals surface area (Å²) in [5, 5.41) is 9.03. The van der Waals surface area contributed by atoms with Gasteiger partial charge in [-0.3, -0.25) is 0 Å². The first-order chi connectivity index (χ1) is 5.83. The normalized spacial score (nSPS) is 29.7. The molecule has 0 aromatic heterocycles. The van der Waals surface area contributed by atoms with E-state index in [4.69, 9.17) is 10.00 Å². The molecule has 1 saturated heterocycles. The molecule has 1 aliphatic heterocycles. The van der Waals surface area contributed by atoms with Crippen molar-refractivity contribution in [2.75, 3.05) is 25.2 Å². The molecule has 0 aromatic carbocycles. The van der Waals surface area contributed by atoms with E-state index in [2.05, 4.69) is 12.3 Å². The van der Waals surface area contributed by atoms with Gasteiger partial charge >= 0.3 is 0 Å². The van der Waals surface area contributed by atoms with Crippen LogP contribution in [-0.4, -0.2) is 25.2 Å². The molecule has 1 aliphatic rings. The van der Waals surface area contributed by atoms with Gasteiger partial charge in [0.05, 0.1) is 18.1 Å². The Morgan fingerprint density at radius 3 is 3.00 bits per heavy atom. The van der Waals surface area contributed by atoms with Crippen LogP contribution in [0.15, 0.2) is 0 Å². The average molecular weight is 185 g/mol. The zero-order chi connectivity index (χ0) is 8.86. The third kappa shape index (κ3) is 2.40. The molecular weight excluding hydrogens is 170 g/mol. The van der Waals surface area contributed by atoms with Crippen LogP contribution in [-0.2, 0) is 4.74 Å². The van der Waals surface area contributed by atoms with Crippen molar-refractivity contribution in [1.82, 2.24) is 0 Å². The molecule has 0 aromatic rings. The Labute approximate surface area is 78.3 Å². The monoisotopic (exact) mass is 185 g/mol. The summed E-state index contributed by atoms with van der Waals surface area (Å²) in [6.07, 6.45) is 5.12. The Morgan fingerprint density at radius 1 is 1.67 bits per heavy atom. The molecule has 1 fully saturated rings. The molecule has 0 saturated carbocycles. The van der Waals surface area contributed by atoms with Crippen molar-refractivity contribution in [3.8, 4) is 6.07 Å². The van der Waals surface area contributed by atoms with Gasteiger partial charge in [-0.05, 0) is 31.3 Å². The topological polar surface area (TPSA) is 33.0 Å². The van der Waals surface area contributed by atoms with E-state index >= 15 is 0 Å². The minimum Gasteiger partial charge on any atom is -0.380 e. The van der Waals surface area contributed by atoms with Gasteiger partial charge in [0.15, 0.2) is 0 Å². The zero-order valence-corrected chi connectivity index (χ0v) is 8.32. The molecule has 1 atom stereocenters. The number of thioether (sulfide) groups is 1. The van der Waals surface area contributed by atoms with Crippen LogP contribution in [0, 0.1) is 16.7 Å². The van der Waals surface area contributed by atoms with Crippen molar-refractivity contribution in [2.45, 2.75) is 19.3 Å². The van der Waals surface area contributed by atoms with E-state index in [1.54, 1.807) is 11.8 Å². The molecule has 3 heteroatoms. The van der Waals surface area contributed by atoms with Crippen molar-refractivity contribution in [2.24, 2.45) is 5.41 Å². The summed E-state index contributed by atoms with van der Waals surface area (Å²) in [6, 6.07) is 2.41. The van der Waals surface area contributed by atoms with Crippen molar-refractivity contribution in [1.29, 1.82) is 5.26 Å². The second kappa shape index (κ2) is 4.74. The maximum atomic E-state index is 9.03. The Hall–Kier alpha value is -0.200. The zero-order valence-electron chi connectivity index (χ0n) is 7.51. The number of hydrogen-bond acceptors (Lipinski definition) is 3. The molecule has 2 nitrogen and oxygen atoms in total. The number of hydrogen-bond donors (Lipinski definition) is 0. The average Bonchev–Trinajstić information content (AvgIpc) is 2.16. The SMILES string of the molecule is CSCCC1(C#N)CCCOC1. The molecule has 0 N–H and O–H groups in total. The number of rotatable bonds is 3. The Kier molecular flexibility index (Phi) is 3.90. The lowest BCUT2D eigenvalue weighted by molar-refractivity contribution is 0.0210. The Bertz CT molecular complexity index is 170. The first-order valence-electron chi connectivity index (χ1n) is 4.31. The fourth-order valence-corrected chi connectivity index (χ4v) is 2.09. The minimum absolute atomic E-state index is 0.165. The van der Waals surface area contributed by atoms with Crippen LogP contribution in [0.4, 0.5) is 0 Å². The largest absolute Gasteiger partial charge is 0.380 e. The molecule has 12 heavy (non-hydrogen) atoms. The summed E-state index contributed by atoms with van der Waals surface area (Å²) >= 11 is 1.80. The van der Waals surface area contributed by atoms with Crippen LogP contribution in [0.3, 0.4) is 0 Å². The lowest BCUT2D eigenvalue weighted by Crippen LogP contribution is -2.30. The molecule has 68 valence electrons. The van der Waals surface area contributed by atoms with E-state index in [0.717, 1.165) is 31.6 Å². The lowest BCUT2D eigenvalue weighted by atomic mass is 9.82. The van der Waals surface area contributed by atoms with Crippen LogP contribution >= 0.6 is 11.8 Å². The van der Waals surface area contributed by atoms with Crippen molar-refractivity contribution >= 4 is 11.8 Å². The second-order valence-electron chi connectivity index (χ2n) is 3.29. The van der Waals surface area contributed by atoms with E-state index in [9.17, 15) is 0 Å². The van der Waals surface area contributed by atoms with Gasteiger partial charge in [-0.15, -0.1) is 0 Å². The predicted octanol–water partition coefficient (Wildman–Crippen LogP) is 2.06. The van der Waals surface area contributed by atoms with E-state index in [-0.39, 0.29) is 5.41 Å². The quantitative estimate of drug-likeness (QED) is 0.674. The highest BCUT2D eigenvalue weighted by atomic mass is 32.2. The lowest BCUT2D eigenvalue weighted by Gasteiger charge is -2.30. The minimum atomic E-state index is -0.165. The molecule has 0 spiro atoms. The summed E-state index contributed by atoms with van der Waals surface area (Å²) in [7, 11) is 0. The van der Waals surface area contributed by atoms with Gasteiger partial charge in [0.1, 0.15) is 0 Å². The second-order valence-corrected chi connectivity index (χ2v) is 4.28. The number of ether oxygens (including phenoxy) is 1. The van der Waals surface area contributed by atoms with Crippen LogP contribution in [0.1, 0.15) is 19.3 Å². The van der Waals surface area contributed by atoms with Gasteiger partial charge in [-0.1, -0.05) is 0 Å². The summed E-state index contributed by atoms with van der Waals surface area (Å²) in [5.41, 5.74) is -0.165. The molecule has 0 aliphatic carbocycles. The van der Waals surface area contributed by atoms with Gasteiger partial charge in [-0.2, -0.15) is 17.0 Å².